The van der Waals surface area contributed by atoms with Gasteiger partial charge in [0.2, 0.25) is 12.7 Å². The molecule has 1 N–H and O–H groups in total. The van der Waals surface area contributed by atoms with E-state index in [2.05, 4.69) is 34.5 Å². The molecule has 1 fully saturated rings. The molecule has 0 aliphatic carbocycles. The van der Waals surface area contributed by atoms with Crippen molar-refractivity contribution in [1.82, 2.24) is 0 Å². The summed E-state index contributed by atoms with van der Waals surface area (Å²) < 4.78 is 16.4. The van der Waals surface area contributed by atoms with Gasteiger partial charge in [-0.2, -0.15) is 0 Å². The summed E-state index contributed by atoms with van der Waals surface area (Å²) in [6.07, 6.45) is 0.434. The minimum absolute atomic E-state index is 0.0204. The van der Waals surface area contributed by atoms with Crippen LogP contribution in [0.4, 0.5) is 11.4 Å². The number of amides is 1. The molecule has 1 saturated heterocycles. The van der Waals surface area contributed by atoms with Crippen LogP contribution in [0.1, 0.15) is 23.5 Å². The SMILES string of the molecule is O=C1C[C@H](c2ccc(N3CCOCC3)cc2)c2cc3c(cc2N1)OCO3. The van der Waals surface area contributed by atoms with Gasteiger partial charge in [-0.15, -0.1) is 0 Å². The number of fused-ring (bicyclic) bond motifs is 2. The van der Waals surface area contributed by atoms with Crippen molar-refractivity contribution in [3.05, 3.63) is 47.5 Å². The lowest BCUT2D eigenvalue weighted by molar-refractivity contribution is -0.116. The highest BCUT2D eigenvalue weighted by molar-refractivity contribution is 5.96. The van der Waals surface area contributed by atoms with Gasteiger partial charge < -0.3 is 24.4 Å². The number of anilines is 2. The topological polar surface area (TPSA) is 60.0 Å². The molecular weight excluding hydrogens is 332 g/mol. The van der Waals surface area contributed by atoms with Gasteiger partial charge in [0.1, 0.15) is 0 Å². The highest BCUT2D eigenvalue weighted by Gasteiger charge is 2.30. The Morgan fingerprint density at radius 3 is 2.50 bits per heavy atom. The molecule has 1 atom stereocenters. The summed E-state index contributed by atoms with van der Waals surface area (Å²) in [5.41, 5.74) is 4.22. The van der Waals surface area contributed by atoms with Crippen LogP contribution in [0.5, 0.6) is 11.5 Å². The van der Waals surface area contributed by atoms with Gasteiger partial charge in [-0.25, -0.2) is 0 Å². The second-order valence-electron chi connectivity index (χ2n) is 6.79. The zero-order chi connectivity index (χ0) is 17.5. The Morgan fingerprint density at radius 1 is 1.00 bits per heavy atom. The molecule has 0 unspecified atom stereocenters. The lowest BCUT2D eigenvalue weighted by Gasteiger charge is -2.30. The number of benzene rings is 2. The van der Waals surface area contributed by atoms with Crippen molar-refractivity contribution in [3.8, 4) is 11.5 Å². The van der Waals surface area contributed by atoms with E-state index in [4.69, 9.17) is 14.2 Å². The Bertz CT molecular complexity index is 844. The zero-order valence-electron chi connectivity index (χ0n) is 14.4. The van der Waals surface area contributed by atoms with Gasteiger partial charge in [0, 0.05) is 42.9 Å². The Labute approximate surface area is 151 Å². The van der Waals surface area contributed by atoms with Gasteiger partial charge in [-0.05, 0) is 29.3 Å². The summed E-state index contributed by atoms with van der Waals surface area (Å²) >= 11 is 0. The number of carbonyl (C=O) groups is 1. The number of nitrogens with zero attached hydrogens (tertiary/aromatic N) is 1. The molecule has 26 heavy (non-hydrogen) atoms. The Kier molecular flexibility index (Phi) is 3.71. The van der Waals surface area contributed by atoms with Crippen molar-refractivity contribution >= 4 is 17.3 Å². The number of rotatable bonds is 2. The molecule has 2 aromatic carbocycles. The lowest BCUT2D eigenvalue weighted by Crippen LogP contribution is -2.36. The first-order chi connectivity index (χ1) is 12.8. The summed E-state index contributed by atoms with van der Waals surface area (Å²) in [6.45, 7) is 3.59. The van der Waals surface area contributed by atoms with E-state index >= 15 is 0 Å². The normalized spacial score (nSPS) is 21.3. The van der Waals surface area contributed by atoms with Crippen LogP contribution in [0.2, 0.25) is 0 Å². The average molecular weight is 352 g/mol. The minimum Gasteiger partial charge on any atom is -0.454 e. The van der Waals surface area contributed by atoms with Crippen LogP contribution in [-0.2, 0) is 9.53 Å². The summed E-state index contributed by atoms with van der Waals surface area (Å²) in [5.74, 6) is 1.48. The van der Waals surface area contributed by atoms with Crippen LogP contribution in [0.15, 0.2) is 36.4 Å². The van der Waals surface area contributed by atoms with Crippen molar-refractivity contribution < 1.29 is 19.0 Å². The van der Waals surface area contributed by atoms with Gasteiger partial charge in [-0.1, -0.05) is 12.1 Å². The fraction of sp³-hybridized carbons (Fsp3) is 0.350. The van der Waals surface area contributed by atoms with Crippen LogP contribution >= 0.6 is 0 Å². The van der Waals surface area contributed by atoms with E-state index in [9.17, 15) is 4.79 Å². The number of hydrogen-bond acceptors (Lipinski definition) is 5. The van der Waals surface area contributed by atoms with Crippen LogP contribution in [-0.4, -0.2) is 39.0 Å². The predicted octanol–water partition coefficient (Wildman–Crippen LogP) is 2.73. The average Bonchev–Trinajstić information content (AvgIpc) is 3.14. The number of carbonyl (C=O) groups excluding carboxylic acids is 1. The largest absolute Gasteiger partial charge is 0.454 e. The Morgan fingerprint density at radius 2 is 1.73 bits per heavy atom. The van der Waals surface area contributed by atoms with Gasteiger partial charge in [0.15, 0.2) is 11.5 Å². The van der Waals surface area contributed by atoms with Crippen molar-refractivity contribution in [3.63, 3.8) is 0 Å². The second-order valence-corrected chi connectivity index (χ2v) is 6.79. The predicted molar refractivity (Wildman–Crippen MR) is 97.1 cm³/mol. The zero-order valence-corrected chi connectivity index (χ0v) is 14.4. The standard InChI is InChI=1S/C20H20N2O4/c23-20-10-15(16-9-18-19(26-12-25-18)11-17(16)21-20)13-1-3-14(4-2-13)22-5-7-24-8-6-22/h1-4,9,11,15H,5-8,10,12H2,(H,21,23)/t15-/m1/s1. The molecule has 6 heteroatoms. The molecule has 0 saturated carbocycles. The Balaban J connectivity index is 1.47. The maximum atomic E-state index is 12.2. The van der Waals surface area contributed by atoms with E-state index in [-0.39, 0.29) is 18.6 Å². The monoisotopic (exact) mass is 352 g/mol. The number of hydrogen-bond donors (Lipinski definition) is 1. The molecule has 0 spiro atoms. The number of morpholine rings is 1. The van der Waals surface area contributed by atoms with Crippen molar-refractivity contribution in [1.29, 1.82) is 0 Å². The third-order valence-corrected chi connectivity index (χ3v) is 5.26. The third-order valence-electron chi connectivity index (χ3n) is 5.26. The highest BCUT2D eigenvalue weighted by atomic mass is 16.7. The molecule has 2 aromatic rings. The molecule has 0 bridgehead atoms. The van der Waals surface area contributed by atoms with Crippen molar-refractivity contribution in [2.75, 3.05) is 43.3 Å². The summed E-state index contributed by atoms with van der Waals surface area (Å²) in [6, 6.07) is 12.4. The fourth-order valence-electron chi connectivity index (χ4n) is 3.89. The molecule has 3 aliphatic rings. The minimum atomic E-state index is 0.0204. The van der Waals surface area contributed by atoms with E-state index in [0.717, 1.165) is 48.9 Å². The molecule has 3 heterocycles. The first-order valence-corrected chi connectivity index (χ1v) is 8.94. The van der Waals surface area contributed by atoms with E-state index in [1.807, 2.05) is 12.1 Å². The molecule has 6 nitrogen and oxygen atoms in total. The smallest absolute Gasteiger partial charge is 0.231 e. The van der Waals surface area contributed by atoms with E-state index in [1.54, 1.807) is 0 Å². The highest BCUT2D eigenvalue weighted by Crippen LogP contribution is 2.44. The van der Waals surface area contributed by atoms with Crippen LogP contribution in [0.25, 0.3) is 0 Å². The van der Waals surface area contributed by atoms with Gasteiger partial charge in [-0.3, -0.25) is 4.79 Å². The second kappa shape index (κ2) is 6.21. The van der Waals surface area contributed by atoms with Crippen molar-refractivity contribution in [2.45, 2.75) is 12.3 Å². The maximum Gasteiger partial charge on any atom is 0.231 e. The fourth-order valence-corrected chi connectivity index (χ4v) is 3.89. The summed E-state index contributed by atoms with van der Waals surface area (Å²) in [5, 5.41) is 2.96. The van der Waals surface area contributed by atoms with Crippen LogP contribution in [0, 0.1) is 0 Å². The molecule has 0 aromatic heterocycles. The first-order valence-electron chi connectivity index (χ1n) is 8.94. The molecule has 0 radical (unpaired) electrons. The van der Waals surface area contributed by atoms with E-state index in [0.29, 0.717) is 12.2 Å². The molecule has 3 aliphatic heterocycles. The lowest BCUT2D eigenvalue weighted by atomic mass is 9.84. The van der Waals surface area contributed by atoms with Gasteiger partial charge in [0.05, 0.1) is 13.2 Å². The first kappa shape index (κ1) is 15.5. The third kappa shape index (κ3) is 2.66. The Hall–Kier alpha value is -2.73. The number of ether oxygens (including phenoxy) is 3. The van der Waals surface area contributed by atoms with Crippen LogP contribution in [0.3, 0.4) is 0 Å². The van der Waals surface area contributed by atoms with E-state index in [1.165, 1.54) is 5.69 Å². The van der Waals surface area contributed by atoms with Crippen LogP contribution < -0.4 is 19.7 Å². The maximum absolute atomic E-state index is 12.2. The molecular formula is C20H20N2O4. The van der Waals surface area contributed by atoms with E-state index < -0.39 is 0 Å². The van der Waals surface area contributed by atoms with Gasteiger partial charge >= 0.3 is 0 Å². The number of nitrogens with one attached hydrogen (secondary N) is 1. The van der Waals surface area contributed by atoms with Crippen molar-refractivity contribution in [2.24, 2.45) is 0 Å². The molecule has 1 amide bonds. The quantitative estimate of drug-likeness (QED) is 0.901. The summed E-state index contributed by atoms with van der Waals surface area (Å²) in [4.78, 5) is 14.5. The molecule has 5 rings (SSSR count). The summed E-state index contributed by atoms with van der Waals surface area (Å²) in [7, 11) is 0. The van der Waals surface area contributed by atoms with Gasteiger partial charge in [0.25, 0.3) is 0 Å². The molecule has 134 valence electrons.